The Bertz CT molecular complexity index is 703. The lowest BCUT2D eigenvalue weighted by Crippen LogP contribution is -2.46. The molecule has 2 N–H and O–H groups in total. The van der Waals surface area contributed by atoms with Gasteiger partial charge < -0.3 is 14.9 Å². The molecule has 0 amide bonds. The third-order valence-corrected chi connectivity index (χ3v) is 7.36. The molecule has 0 radical (unpaired) electrons. The maximum atomic E-state index is 11.7. The van der Waals surface area contributed by atoms with Crippen LogP contribution in [0.3, 0.4) is 0 Å². The van der Waals surface area contributed by atoms with Crippen molar-refractivity contribution >= 4 is 5.97 Å². The second kappa shape index (κ2) is 5.55. The minimum absolute atomic E-state index is 0.128. The molecule has 2 fully saturated rings. The number of fused-ring (bicyclic) bond motifs is 5. The Morgan fingerprint density at radius 1 is 1.20 bits per heavy atom. The van der Waals surface area contributed by atoms with Gasteiger partial charge in [0.1, 0.15) is 5.76 Å². The standard InChI is InChI=1S/C21H28O4/c1-12(22)25-17-11-13-10-14(23)6-8-20(13,2)16-7-9-21(3)15(19(16)17)4-5-18(21)24/h6,8,11,14-16,18,23-24H,4-5,7,9-10H2,1-3H3/t14?,15-,16+,18?,20-,21-/m0/s1. The predicted octanol–water partition coefficient (Wildman–Crippen LogP) is 3.26. The topological polar surface area (TPSA) is 66.8 Å². The first kappa shape index (κ1) is 17.0. The first-order chi connectivity index (χ1) is 11.8. The largest absolute Gasteiger partial charge is 0.427 e. The molecule has 4 aliphatic rings. The molecule has 0 aromatic carbocycles. The van der Waals surface area contributed by atoms with E-state index in [-0.39, 0.29) is 34.7 Å². The van der Waals surface area contributed by atoms with E-state index < -0.39 is 6.10 Å². The van der Waals surface area contributed by atoms with Gasteiger partial charge in [-0.25, -0.2) is 0 Å². The number of hydrogen-bond donors (Lipinski definition) is 2. The number of ether oxygens (including phenoxy) is 1. The predicted molar refractivity (Wildman–Crippen MR) is 94.3 cm³/mol. The zero-order chi connectivity index (χ0) is 18.0. The van der Waals surface area contributed by atoms with Gasteiger partial charge in [-0.05, 0) is 55.6 Å². The van der Waals surface area contributed by atoms with E-state index in [1.165, 1.54) is 12.5 Å². The normalized spacial score (nSPS) is 45.4. The fourth-order valence-electron chi connectivity index (χ4n) is 5.86. The van der Waals surface area contributed by atoms with Gasteiger partial charge in [0.25, 0.3) is 0 Å². The van der Waals surface area contributed by atoms with Crippen molar-refractivity contribution in [1.29, 1.82) is 0 Å². The molecule has 0 aromatic heterocycles. The SMILES string of the molecule is CC(=O)OC1=C2[C@@H](CC[C@]3(C)C(O)CC[C@@H]23)[C@@]2(C)C=CC(O)CC2=C1. The lowest BCUT2D eigenvalue weighted by Gasteiger charge is -2.53. The minimum atomic E-state index is -0.471. The van der Waals surface area contributed by atoms with Crippen LogP contribution in [0.5, 0.6) is 0 Å². The Kier molecular flexibility index (Phi) is 3.79. The highest BCUT2D eigenvalue weighted by Crippen LogP contribution is 2.63. The van der Waals surface area contributed by atoms with Crippen LogP contribution in [0.25, 0.3) is 0 Å². The summed E-state index contributed by atoms with van der Waals surface area (Å²) in [5, 5.41) is 20.6. The molecule has 4 aliphatic carbocycles. The Morgan fingerprint density at radius 2 is 1.96 bits per heavy atom. The zero-order valence-corrected chi connectivity index (χ0v) is 15.3. The van der Waals surface area contributed by atoms with Crippen LogP contribution in [0.15, 0.2) is 35.1 Å². The van der Waals surface area contributed by atoms with E-state index in [1.807, 2.05) is 12.2 Å². The van der Waals surface area contributed by atoms with Crippen molar-refractivity contribution in [3.05, 3.63) is 35.1 Å². The second-order valence-electron chi connectivity index (χ2n) is 8.74. The number of carbonyl (C=O) groups excluding carboxylic acids is 1. The van der Waals surface area contributed by atoms with E-state index >= 15 is 0 Å². The number of hydrogen-bond acceptors (Lipinski definition) is 4. The minimum Gasteiger partial charge on any atom is -0.427 e. The van der Waals surface area contributed by atoms with Crippen molar-refractivity contribution in [2.24, 2.45) is 22.7 Å². The van der Waals surface area contributed by atoms with Gasteiger partial charge in [-0.1, -0.05) is 31.6 Å². The number of aliphatic hydroxyl groups is 2. The zero-order valence-electron chi connectivity index (χ0n) is 15.3. The number of rotatable bonds is 1. The third kappa shape index (κ3) is 2.37. The maximum Gasteiger partial charge on any atom is 0.308 e. The molecule has 2 saturated carbocycles. The van der Waals surface area contributed by atoms with Crippen LogP contribution in [0.2, 0.25) is 0 Å². The van der Waals surface area contributed by atoms with Crippen molar-refractivity contribution in [3.8, 4) is 0 Å². The molecular formula is C21H28O4. The summed E-state index contributed by atoms with van der Waals surface area (Å²) in [7, 11) is 0. The van der Waals surface area contributed by atoms with Gasteiger partial charge >= 0.3 is 5.97 Å². The van der Waals surface area contributed by atoms with Gasteiger partial charge in [-0.3, -0.25) is 4.79 Å². The van der Waals surface area contributed by atoms with Crippen molar-refractivity contribution in [2.45, 2.75) is 65.1 Å². The monoisotopic (exact) mass is 344 g/mol. The number of carbonyl (C=O) groups is 1. The Labute approximate surface area is 149 Å². The van der Waals surface area contributed by atoms with E-state index in [4.69, 9.17) is 4.74 Å². The highest BCUT2D eigenvalue weighted by Gasteiger charge is 2.57. The molecule has 136 valence electrons. The molecule has 0 spiro atoms. The number of esters is 1. The van der Waals surface area contributed by atoms with Crippen molar-refractivity contribution in [1.82, 2.24) is 0 Å². The lowest BCUT2D eigenvalue weighted by atomic mass is 9.52. The molecule has 0 bridgehead atoms. The van der Waals surface area contributed by atoms with Gasteiger partial charge in [0.05, 0.1) is 12.2 Å². The smallest absolute Gasteiger partial charge is 0.308 e. The Balaban J connectivity index is 1.87. The maximum absolute atomic E-state index is 11.7. The molecule has 0 aromatic rings. The summed E-state index contributed by atoms with van der Waals surface area (Å²) in [6.07, 6.45) is 9.60. The Hall–Kier alpha value is -1.39. The fraction of sp³-hybridized carbons (Fsp3) is 0.667. The van der Waals surface area contributed by atoms with Crippen LogP contribution in [-0.2, 0) is 9.53 Å². The van der Waals surface area contributed by atoms with Crippen molar-refractivity contribution in [3.63, 3.8) is 0 Å². The van der Waals surface area contributed by atoms with Gasteiger partial charge in [0.15, 0.2) is 0 Å². The highest BCUT2D eigenvalue weighted by atomic mass is 16.5. The van der Waals surface area contributed by atoms with Crippen LogP contribution in [0.4, 0.5) is 0 Å². The van der Waals surface area contributed by atoms with E-state index in [2.05, 4.69) is 19.9 Å². The van der Waals surface area contributed by atoms with Crippen LogP contribution < -0.4 is 0 Å². The molecule has 0 saturated heterocycles. The van der Waals surface area contributed by atoms with Gasteiger partial charge in [-0.2, -0.15) is 0 Å². The van der Waals surface area contributed by atoms with Crippen molar-refractivity contribution in [2.75, 3.05) is 0 Å². The van der Waals surface area contributed by atoms with E-state index in [1.54, 1.807) is 0 Å². The average Bonchev–Trinajstić information content (AvgIpc) is 2.84. The number of aliphatic hydroxyl groups excluding tert-OH is 2. The first-order valence-electron chi connectivity index (χ1n) is 9.44. The van der Waals surface area contributed by atoms with Gasteiger partial charge in [-0.15, -0.1) is 0 Å². The summed E-state index contributed by atoms with van der Waals surface area (Å²) in [4.78, 5) is 11.7. The third-order valence-electron chi connectivity index (χ3n) is 7.36. The molecule has 0 heterocycles. The average molecular weight is 344 g/mol. The van der Waals surface area contributed by atoms with E-state index in [9.17, 15) is 15.0 Å². The second-order valence-corrected chi connectivity index (χ2v) is 8.74. The molecule has 2 unspecified atom stereocenters. The molecule has 4 heteroatoms. The summed E-state index contributed by atoms with van der Waals surface area (Å²) >= 11 is 0. The number of allylic oxidation sites excluding steroid dienone is 3. The molecular weight excluding hydrogens is 316 g/mol. The molecule has 4 nitrogen and oxygen atoms in total. The fourth-order valence-corrected chi connectivity index (χ4v) is 5.86. The molecule has 6 atom stereocenters. The van der Waals surface area contributed by atoms with Gasteiger partial charge in [0, 0.05) is 17.8 Å². The van der Waals surface area contributed by atoms with Gasteiger partial charge in [0.2, 0.25) is 0 Å². The molecule has 0 aliphatic heterocycles. The van der Waals surface area contributed by atoms with Crippen molar-refractivity contribution < 1.29 is 19.7 Å². The molecule has 25 heavy (non-hydrogen) atoms. The lowest BCUT2D eigenvalue weighted by molar-refractivity contribution is -0.136. The summed E-state index contributed by atoms with van der Waals surface area (Å²) in [5.41, 5.74) is 2.10. The molecule has 4 rings (SSSR count). The quantitative estimate of drug-likeness (QED) is 0.566. The van der Waals surface area contributed by atoms with Crippen LogP contribution in [-0.4, -0.2) is 28.4 Å². The summed E-state index contributed by atoms with van der Waals surface area (Å²) < 4.78 is 5.66. The highest BCUT2D eigenvalue weighted by molar-refractivity contribution is 5.68. The first-order valence-corrected chi connectivity index (χ1v) is 9.44. The summed E-state index contributed by atoms with van der Waals surface area (Å²) in [6.45, 7) is 5.87. The summed E-state index contributed by atoms with van der Waals surface area (Å²) in [6, 6.07) is 0. The Morgan fingerprint density at radius 3 is 2.68 bits per heavy atom. The van der Waals surface area contributed by atoms with Crippen LogP contribution >= 0.6 is 0 Å². The summed E-state index contributed by atoms with van der Waals surface area (Å²) in [5.74, 6) is 0.899. The van der Waals surface area contributed by atoms with E-state index in [0.29, 0.717) is 12.2 Å². The van der Waals surface area contributed by atoms with Crippen LogP contribution in [0.1, 0.15) is 52.9 Å². The van der Waals surface area contributed by atoms with E-state index in [0.717, 1.165) is 31.3 Å². The van der Waals surface area contributed by atoms with Crippen LogP contribution in [0, 0.1) is 22.7 Å².